The van der Waals surface area contributed by atoms with Crippen LogP contribution in [0.1, 0.15) is 247 Å². The first-order valence-corrected chi connectivity index (χ1v) is 24.2. The fourth-order valence-electron chi connectivity index (χ4n) is 8.27. The van der Waals surface area contributed by atoms with E-state index in [1.807, 2.05) is 0 Å². The Bertz CT molecular complexity index is 597. The Morgan fingerprint density at radius 1 is 0.367 bits per heavy atom. The molecule has 296 valence electrons. The van der Waals surface area contributed by atoms with Crippen molar-refractivity contribution in [2.45, 2.75) is 264 Å². The fraction of sp³-hybridized carbons (Fsp3) is 1.00. The van der Waals surface area contributed by atoms with Gasteiger partial charge in [0.05, 0.1) is 5.67 Å². The van der Waals surface area contributed by atoms with Gasteiger partial charge in [-0.05, 0) is 33.1 Å². The van der Waals surface area contributed by atoms with E-state index in [-0.39, 0.29) is 5.67 Å². The highest BCUT2D eigenvalue weighted by molar-refractivity contribution is 6.62. The van der Waals surface area contributed by atoms with Gasteiger partial charge in [-0.1, -0.05) is 213 Å². The molecule has 0 saturated heterocycles. The molecule has 0 spiro atoms. The Kier molecular flexibility index (Phi) is 36.5. The Labute approximate surface area is 311 Å². The van der Waals surface area contributed by atoms with Crippen LogP contribution < -0.4 is 0 Å². The number of unbranched alkanes of at least 4 members (excludes halogenated alkanes) is 28. The lowest BCUT2D eigenvalue weighted by molar-refractivity contribution is 0.0346. The normalized spacial score (nSPS) is 14.1. The fourth-order valence-corrected chi connectivity index (χ4v) is 11.0. The SMILES string of the molecule is CCCCCCCCCCCCCCCCCC(C)N(C(C)CCCCCCCCCCCCCCCCC)C(CC)[Si](OC)(OC)OC. The van der Waals surface area contributed by atoms with E-state index in [1.165, 1.54) is 205 Å². The molecule has 3 atom stereocenters. The molecule has 0 aliphatic carbocycles. The second kappa shape index (κ2) is 36.4. The summed E-state index contributed by atoms with van der Waals surface area (Å²) in [6.07, 6.45) is 46.1. The summed E-state index contributed by atoms with van der Waals surface area (Å²) in [6.45, 7) is 11.8. The second-order valence-electron chi connectivity index (χ2n) is 15.8. The van der Waals surface area contributed by atoms with E-state index < -0.39 is 8.80 Å². The van der Waals surface area contributed by atoms with E-state index in [4.69, 9.17) is 13.3 Å². The van der Waals surface area contributed by atoms with E-state index in [0.29, 0.717) is 12.1 Å². The lowest BCUT2D eigenvalue weighted by Gasteiger charge is -2.45. The molecular formula is C44H93NO3Si. The van der Waals surface area contributed by atoms with Gasteiger partial charge in [0.2, 0.25) is 0 Å². The van der Waals surface area contributed by atoms with Gasteiger partial charge in [-0.25, -0.2) is 0 Å². The summed E-state index contributed by atoms with van der Waals surface area (Å²) >= 11 is 0. The van der Waals surface area contributed by atoms with Gasteiger partial charge in [0, 0.05) is 33.4 Å². The summed E-state index contributed by atoms with van der Waals surface area (Å²) in [6, 6.07) is 1.01. The lowest BCUT2D eigenvalue weighted by Crippen LogP contribution is -2.64. The maximum Gasteiger partial charge on any atom is 0.518 e. The topological polar surface area (TPSA) is 30.9 Å². The molecule has 0 heterocycles. The van der Waals surface area contributed by atoms with Crippen LogP contribution in [0.3, 0.4) is 0 Å². The number of nitrogens with zero attached hydrogens (tertiary/aromatic N) is 1. The molecule has 0 N–H and O–H groups in total. The van der Waals surface area contributed by atoms with Crippen LogP contribution >= 0.6 is 0 Å². The summed E-state index contributed by atoms with van der Waals surface area (Å²) in [5, 5.41) is 0. The molecule has 5 heteroatoms. The smallest absolute Gasteiger partial charge is 0.376 e. The molecule has 0 saturated carbocycles. The zero-order valence-electron chi connectivity index (χ0n) is 35.2. The van der Waals surface area contributed by atoms with Crippen LogP contribution in [0.15, 0.2) is 0 Å². The highest BCUT2D eigenvalue weighted by Gasteiger charge is 2.51. The van der Waals surface area contributed by atoms with Crippen LogP contribution in [0.4, 0.5) is 0 Å². The van der Waals surface area contributed by atoms with Crippen molar-refractivity contribution < 1.29 is 13.3 Å². The van der Waals surface area contributed by atoms with E-state index >= 15 is 0 Å². The maximum atomic E-state index is 6.09. The minimum Gasteiger partial charge on any atom is -0.376 e. The van der Waals surface area contributed by atoms with E-state index in [9.17, 15) is 0 Å². The third kappa shape index (κ3) is 25.6. The summed E-state index contributed by atoms with van der Waals surface area (Å²) in [4.78, 5) is 2.76. The van der Waals surface area contributed by atoms with Gasteiger partial charge in [-0.3, -0.25) is 4.90 Å². The zero-order valence-corrected chi connectivity index (χ0v) is 36.2. The summed E-state index contributed by atoms with van der Waals surface area (Å²) in [5.74, 6) is 0. The van der Waals surface area contributed by atoms with Gasteiger partial charge >= 0.3 is 8.80 Å². The molecule has 0 aromatic heterocycles. The Morgan fingerprint density at radius 2 is 0.592 bits per heavy atom. The molecule has 0 aromatic rings. The Hall–Kier alpha value is 0.0569. The van der Waals surface area contributed by atoms with Crippen molar-refractivity contribution in [3.05, 3.63) is 0 Å². The minimum atomic E-state index is -2.79. The van der Waals surface area contributed by atoms with Crippen molar-refractivity contribution in [1.29, 1.82) is 0 Å². The van der Waals surface area contributed by atoms with Crippen molar-refractivity contribution in [2.24, 2.45) is 0 Å². The van der Waals surface area contributed by atoms with Crippen LogP contribution in [0.25, 0.3) is 0 Å². The number of hydrogen-bond donors (Lipinski definition) is 0. The molecular weight excluding hydrogens is 619 g/mol. The van der Waals surface area contributed by atoms with Crippen molar-refractivity contribution in [3.63, 3.8) is 0 Å². The quantitative estimate of drug-likeness (QED) is 0.0468. The zero-order chi connectivity index (χ0) is 36.3. The van der Waals surface area contributed by atoms with Crippen LogP contribution in [0.2, 0.25) is 0 Å². The summed E-state index contributed by atoms with van der Waals surface area (Å²) in [7, 11) is 2.58. The number of rotatable bonds is 40. The largest absolute Gasteiger partial charge is 0.518 e. The van der Waals surface area contributed by atoms with Crippen molar-refractivity contribution in [3.8, 4) is 0 Å². The maximum absolute atomic E-state index is 6.09. The molecule has 3 unspecified atom stereocenters. The molecule has 0 amide bonds. The third-order valence-electron chi connectivity index (χ3n) is 11.5. The Balaban J connectivity index is 4.43. The summed E-state index contributed by atoms with van der Waals surface area (Å²) < 4.78 is 18.3. The van der Waals surface area contributed by atoms with E-state index in [1.54, 1.807) is 21.3 Å². The summed E-state index contributed by atoms with van der Waals surface area (Å²) in [5.41, 5.74) is 0.199. The average Bonchev–Trinajstić information content (AvgIpc) is 3.11. The molecule has 4 nitrogen and oxygen atoms in total. The predicted molar refractivity (Wildman–Crippen MR) is 221 cm³/mol. The monoisotopic (exact) mass is 712 g/mol. The Morgan fingerprint density at radius 3 is 0.796 bits per heavy atom. The van der Waals surface area contributed by atoms with Crippen molar-refractivity contribution in [1.82, 2.24) is 4.90 Å². The third-order valence-corrected chi connectivity index (χ3v) is 14.7. The minimum absolute atomic E-state index is 0.199. The van der Waals surface area contributed by atoms with E-state index in [2.05, 4.69) is 39.5 Å². The average molecular weight is 712 g/mol. The first-order valence-electron chi connectivity index (χ1n) is 22.4. The first-order chi connectivity index (χ1) is 24.0. The van der Waals surface area contributed by atoms with Gasteiger partial charge in [-0.2, -0.15) is 0 Å². The predicted octanol–water partition coefficient (Wildman–Crippen LogP) is 14.8. The first kappa shape index (κ1) is 49.1. The van der Waals surface area contributed by atoms with Crippen molar-refractivity contribution in [2.75, 3.05) is 21.3 Å². The number of hydrogen-bond acceptors (Lipinski definition) is 4. The standard InChI is InChI=1S/C44H93NO3Si/c1-9-12-14-16-18-20-22-24-26-28-30-32-34-36-38-40-42(4)45(44(11-3)49(46-6,47-7)48-8)43(5)41-39-37-35-33-31-29-27-25-23-21-19-17-15-13-10-2/h42-44H,9-41H2,1-8H3. The molecule has 0 bridgehead atoms. The van der Waals surface area contributed by atoms with Gasteiger partial charge < -0.3 is 13.3 Å². The van der Waals surface area contributed by atoms with Gasteiger partial charge in [0.15, 0.2) is 0 Å². The van der Waals surface area contributed by atoms with Crippen LogP contribution in [0.5, 0.6) is 0 Å². The molecule has 0 rings (SSSR count). The molecule has 0 aliphatic heterocycles. The highest BCUT2D eigenvalue weighted by Crippen LogP contribution is 2.29. The molecule has 0 aliphatic rings. The molecule has 0 radical (unpaired) electrons. The molecule has 0 aromatic carbocycles. The van der Waals surface area contributed by atoms with Gasteiger partial charge in [-0.15, -0.1) is 0 Å². The highest BCUT2D eigenvalue weighted by atomic mass is 28.4. The van der Waals surface area contributed by atoms with E-state index in [0.717, 1.165) is 6.42 Å². The van der Waals surface area contributed by atoms with Gasteiger partial charge in [0.25, 0.3) is 0 Å². The lowest BCUT2D eigenvalue weighted by atomic mass is 10.0. The van der Waals surface area contributed by atoms with Crippen molar-refractivity contribution >= 4 is 8.80 Å². The van der Waals surface area contributed by atoms with Gasteiger partial charge in [0.1, 0.15) is 0 Å². The van der Waals surface area contributed by atoms with Crippen LogP contribution in [-0.2, 0) is 13.3 Å². The van der Waals surface area contributed by atoms with Crippen LogP contribution in [-0.4, -0.2) is 52.8 Å². The second-order valence-corrected chi connectivity index (χ2v) is 18.9. The molecule has 49 heavy (non-hydrogen) atoms. The molecule has 0 fully saturated rings. The van der Waals surface area contributed by atoms with Crippen LogP contribution in [0, 0.1) is 0 Å².